The van der Waals surface area contributed by atoms with Crippen LogP contribution in [0.1, 0.15) is 5.56 Å². The van der Waals surface area contributed by atoms with Gasteiger partial charge in [0.15, 0.2) is 0 Å². The van der Waals surface area contributed by atoms with Gasteiger partial charge in [0.05, 0.1) is 13.2 Å². The van der Waals surface area contributed by atoms with E-state index in [0.29, 0.717) is 19.7 Å². The van der Waals surface area contributed by atoms with E-state index in [1.165, 1.54) is 0 Å². The highest BCUT2D eigenvalue weighted by molar-refractivity contribution is 5.85. The van der Waals surface area contributed by atoms with E-state index < -0.39 is 0 Å². The molecular formula is C12H19ClN2O2. The predicted molar refractivity (Wildman–Crippen MR) is 70.0 cm³/mol. The standard InChI is InChI=1S/C12H18N2O2.ClH/c1-16-8-7-14(12(15)9-13)10-11-5-3-2-4-6-11;/h2-6H,7-10,13H2,1H3;1H. The summed E-state index contributed by atoms with van der Waals surface area (Å²) >= 11 is 0. The normalized spacial score (nSPS) is 9.53. The smallest absolute Gasteiger partial charge is 0.236 e. The number of nitrogens with zero attached hydrogens (tertiary/aromatic N) is 1. The van der Waals surface area contributed by atoms with Gasteiger partial charge in [0.1, 0.15) is 0 Å². The van der Waals surface area contributed by atoms with Crippen LogP contribution in [-0.4, -0.2) is 37.6 Å². The molecule has 0 atom stereocenters. The Bertz CT molecular complexity index is 320. The average molecular weight is 259 g/mol. The maximum Gasteiger partial charge on any atom is 0.236 e. The zero-order chi connectivity index (χ0) is 11.8. The zero-order valence-electron chi connectivity index (χ0n) is 9.96. The van der Waals surface area contributed by atoms with Gasteiger partial charge in [-0.15, -0.1) is 12.4 Å². The van der Waals surface area contributed by atoms with Gasteiger partial charge in [-0.3, -0.25) is 4.79 Å². The van der Waals surface area contributed by atoms with Crippen molar-refractivity contribution in [3.05, 3.63) is 35.9 Å². The topological polar surface area (TPSA) is 55.6 Å². The molecule has 0 unspecified atom stereocenters. The number of ether oxygens (including phenoxy) is 1. The van der Waals surface area contributed by atoms with Crippen molar-refractivity contribution in [3.8, 4) is 0 Å². The quantitative estimate of drug-likeness (QED) is 0.830. The molecule has 0 saturated carbocycles. The van der Waals surface area contributed by atoms with Gasteiger partial charge in [-0.1, -0.05) is 30.3 Å². The third-order valence-corrected chi connectivity index (χ3v) is 2.31. The number of methoxy groups -OCH3 is 1. The number of carbonyl (C=O) groups excluding carboxylic acids is 1. The van der Waals surface area contributed by atoms with Crippen LogP contribution in [0.3, 0.4) is 0 Å². The monoisotopic (exact) mass is 258 g/mol. The Morgan fingerprint density at radius 3 is 2.53 bits per heavy atom. The summed E-state index contributed by atoms with van der Waals surface area (Å²) in [6.45, 7) is 1.72. The lowest BCUT2D eigenvalue weighted by Gasteiger charge is -2.21. The van der Waals surface area contributed by atoms with Crippen LogP contribution in [0, 0.1) is 0 Å². The van der Waals surface area contributed by atoms with Crippen molar-refractivity contribution < 1.29 is 9.53 Å². The maximum absolute atomic E-state index is 11.6. The first-order valence-corrected chi connectivity index (χ1v) is 5.28. The Morgan fingerprint density at radius 1 is 1.35 bits per heavy atom. The Labute approximate surface area is 108 Å². The van der Waals surface area contributed by atoms with Gasteiger partial charge < -0.3 is 15.4 Å². The molecule has 0 fully saturated rings. The van der Waals surface area contributed by atoms with Crippen LogP contribution < -0.4 is 5.73 Å². The van der Waals surface area contributed by atoms with Crippen LogP contribution in [0.15, 0.2) is 30.3 Å². The molecule has 1 aromatic rings. The summed E-state index contributed by atoms with van der Waals surface area (Å²) in [5, 5.41) is 0. The number of carbonyl (C=O) groups is 1. The highest BCUT2D eigenvalue weighted by atomic mass is 35.5. The van der Waals surface area contributed by atoms with Crippen molar-refractivity contribution in [1.82, 2.24) is 4.90 Å². The highest BCUT2D eigenvalue weighted by Gasteiger charge is 2.11. The lowest BCUT2D eigenvalue weighted by Crippen LogP contribution is -2.37. The number of halogens is 1. The predicted octanol–water partition coefficient (Wildman–Crippen LogP) is 1.04. The molecule has 0 spiro atoms. The maximum atomic E-state index is 11.6. The molecule has 0 heterocycles. The van der Waals surface area contributed by atoms with E-state index in [-0.39, 0.29) is 24.9 Å². The molecule has 0 aromatic heterocycles. The number of benzene rings is 1. The molecule has 17 heavy (non-hydrogen) atoms. The molecule has 1 amide bonds. The molecule has 96 valence electrons. The first kappa shape index (κ1) is 15.9. The van der Waals surface area contributed by atoms with E-state index in [4.69, 9.17) is 10.5 Å². The molecule has 0 aliphatic heterocycles. The van der Waals surface area contributed by atoms with Crippen molar-refractivity contribution in [1.29, 1.82) is 0 Å². The summed E-state index contributed by atoms with van der Waals surface area (Å²) in [6.07, 6.45) is 0. The molecule has 1 aromatic carbocycles. The molecule has 0 radical (unpaired) electrons. The fourth-order valence-corrected chi connectivity index (χ4v) is 1.43. The van der Waals surface area contributed by atoms with Gasteiger partial charge in [0.25, 0.3) is 0 Å². The second kappa shape index (κ2) is 8.98. The summed E-state index contributed by atoms with van der Waals surface area (Å²) in [6, 6.07) is 9.84. The Balaban J connectivity index is 0.00000256. The molecule has 4 nitrogen and oxygen atoms in total. The zero-order valence-corrected chi connectivity index (χ0v) is 10.8. The van der Waals surface area contributed by atoms with Crippen LogP contribution in [0.25, 0.3) is 0 Å². The minimum Gasteiger partial charge on any atom is -0.383 e. The summed E-state index contributed by atoms with van der Waals surface area (Å²) in [5.74, 6) is -0.0547. The molecule has 2 N–H and O–H groups in total. The molecular weight excluding hydrogens is 240 g/mol. The van der Waals surface area contributed by atoms with E-state index in [1.807, 2.05) is 30.3 Å². The minimum absolute atomic E-state index is 0. The Morgan fingerprint density at radius 2 is 2.00 bits per heavy atom. The first-order valence-electron chi connectivity index (χ1n) is 5.28. The number of rotatable bonds is 6. The summed E-state index contributed by atoms with van der Waals surface area (Å²) in [7, 11) is 1.62. The van der Waals surface area contributed by atoms with Crippen LogP contribution in [0.2, 0.25) is 0 Å². The molecule has 0 aliphatic carbocycles. The van der Waals surface area contributed by atoms with E-state index >= 15 is 0 Å². The highest BCUT2D eigenvalue weighted by Crippen LogP contribution is 2.04. The molecule has 1 rings (SSSR count). The number of nitrogens with two attached hydrogens (primary N) is 1. The van der Waals surface area contributed by atoms with E-state index in [2.05, 4.69) is 0 Å². The van der Waals surface area contributed by atoms with Crippen LogP contribution in [0.4, 0.5) is 0 Å². The van der Waals surface area contributed by atoms with Crippen molar-refractivity contribution in [3.63, 3.8) is 0 Å². The van der Waals surface area contributed by atoms with Gasteiger partial charge in [0.2, 0.25) is 5.91 Å². The fraction of sp³-hybridized carbons (Fsp3) is 0.417. The minimum atomic E-state index is -0.0547. The largest absolute Gasteiger partial charge is 0.383 e. The number of hydrogen-bond acceptors (Lipinski definition) is 3. The van der Waals surface area contributed by atoms with Crippen LogP contribution in [-0.2, 0) is 16.1 Å². The number of hydrogen-bond donors (Lipinski definition) is 1. The summed E-state index contributed by atoms with van der Waals surface area (Å²) in [5.41, 5.74) is 6.46. The molecule has 5 heteroatoms. The lowest BCUT2D eigenvalue weighted by atomic mass is 10.2. The van der Waals surface area contributed by atoms with Gasteiger partial charge >= 0.3 is 0 Å². The fourth-order valence-electron chi connectivity index (χ4n) is 1.43. The van der Waals surface area contributed by atoms with Gasteiger partial charge in [0, 0.05) is 20.2 Å². The lowest BCUT2D eigenvalue weighted by molar-refractivity contribution is -0.130. The SMILES string of the molecule is COCCN(Cc1ccccc1)C(=O)CN.Cl. The first-order chi connectivity index (χ1) is 7.77. The van der Waals surface area contributed by atoms with E-state index in [0.717, 1.165) is 5.56 Å². The summed E-state index contributed by atoms with van der Waals surface area (Å²) < 4.78 is 4.97. The third-order valence-electron chi connectivity index (χ3n) is 2.31. The van der Waals surface area contributed by atoms with Crippen molar-refractivity contribution >= 4 is 18.3 Å². The van der Waals surface area contributed by atoms with Gasteiger partial charge in [-0.25, -0.2) is 0 Å². The second-order valence-corrected chi connectivity index (χ2v) is 3.50. The Hall–Kier alpha value is -1.10. The second-order valence-electron chi connectivity index (χ2n) is 3.50. The average Bonchev–Trinajstić information content (AvgIpc) is 2.34. The summed E-state index contributed by atoms with van der Waals surface area (Å²) in [4.78, 5) is 13.3. The van der Waals surface area contributed by atoms with E-state index in [9.17, 15) is 4.79 Å². The number of amides is 1. The van der Waals surface area contributed by atoms with Crippen molar-refractivity contribution in [2.75, 3.05) is 26.8 Å². The molecule has 0 saturated heterocycles. The van der Waals surface area contributed by atoms with Crippen molar-refractivity contribution in [2.24, 2.45) is 5.73 Å². The third kappa shape index (κ3) is 5.68. The van der Waals surface area contributed by atoms with Crippen molar-refractivity contribution in [2.45, 2.75) is 6.54 Å². The van der Waals surface area contributed by atoms with E-state index in [1.54, 1.807) is 12.0 Å². The van der Waals surface area contributed by atoms with Crippen LogP contribution >= 0.6 is 12.4 Å². The molecule has 0 aliphatic rings. The van der Waals surface area contributed by atoms with Gasteiger partial charge in [-0.05, 0) is 5.56 Å². The van der Waals surface area contributed by atoms with Crippen LogP contribution in [0.5, 0.6) is 0 Å². The Kier molecular flexibility index (Phi) is 8.40. The molecule has 0 bridgehead atoms. The van der Waals surface area contributed by atoms with Gasteiger partial charge in [-0.2, -0.15) is 0 Å².